The molecule has 0 saturated carbocycles. The first-order chi connectivity index (χ1) is 12.1. The van der Waals surface area contributed by atoms with Crippen LogP contribution in [-0.4, -0.2) is 29.3 Å². The molecule has 1 heterocycles. The Balaban J connectivity index is 1.71. The van der Waals surface area contributed by atoms with Crippen LogP contribution in [0.4, 0.5) is 11.4 Å². The van der Waals surface area contributed by atoms with Gasteiger partial charge in [-0.2, -0.15) is 0 Å². The van der Waals surface area contributed by atoms with Crippen LogP contribution in [-0.2, 0) is 9.59 Å². The lowest BCUT2D eigenvalue weighted by Crippen LogP contribution is -2.41. The van der Waals surface area contributed by atoms with Crippen molar-refractivity contribution in [1.82, 2.24) is 5.32 Å². The van der Waals surface area contributed by atoms with Crippen LogP contribution in [0.5, 0.6) is 5.75 Å². The highest BCUT2D eigenvalue weighted by molar-refractivity contribution is 8.15. The lowest BCUT2D eigenvalue weighted by Gasteiger charge is -2.22. The quantitative estimate of drug-likeness (QED) is 0.884. The number of carbonyl (C=O) groups excluding carboxylic acids is 2. The van der Waals surface area contributed by atoms with Crippen LogP contribution >= 0.6 is 11.8 Å². The summed E-state index contributed by atoms with van der Waals surface area (Å²) in [5.74, 6) is 0.186. The minimum Gasteiger partial charge on any atom is -0.497 e. The van der Waals surface area contributed by atoms with Gasteiger partial charge in [0.25, 0.3) is 0 Å². The molecule has 7 heteroatoms. The number of carbonyl (C=O) groups is 2. The summed E-state index contributed by atoms with van der Waals surface area (Å²) in [6.45, 7) is 0. The Morgan fingerprint density at radius 2 is 2.04 bits per heavy atom. The maximum atomic E-state index is 12.5. The summed E-state index contributed by atoms with van der Waals surface area (Å²) in [4.78, 5) is 28.8. The molecular weight excluding hydrogens is 338 g/mol. The summed E-state index contributed by atoms with van der Waals surface area (Å²) in [5.41, 5.74) is 1.34. The number of rotatable bonds is 4. The van der Waals surface area contributed by atoms with E-state index in [2.05, 4.69) is 15.6 Å². The Morgan fingerprint density at radius 1 is 1.24 bits per heavy atom. The van der Waals surface area contributed by atoms with Crippen molar-refractivity contribution in [2.24, 2.45) is 4.99 Å². The molecule has 1 atom stereocenters. The molecule has 0 unspecified atom stereocenters. The van der Waals surface area contributed by atoms with Gasteiger partial charge in [0.2, 0.25) is 11.8 Å². The van der Waals surface area contributed by atoms with E-state index in [9.17, 15) is 9.59 Å². The number of thioether (sulfide) groups is 1. The molecular formula is C18H17N3O3S. The van der Waals surface area contributed by atoms with E-state index < -0.39 is 5.25 Å². The van der Waals surface area contributed by atoms with Crippen molar-refractivity contribution >= 4 is 40.1 Å². The van der Waals surface area contributed by atoms with Crippen LogP contribution in [0.25, 0.3) is 0 Å². The highest BCUT2D eigenvalue weighted by Gasteiger charge is 2.30. The Labute approximate surface area is 149 Å². The lowest BCUT2D eigenvalue weighted by molar-refractivity contribution is -0.123. The second kappa shape index (κ2) is 7.85. The third-order valence-corrected chi connectivity index (χ3v) is 4.57. The van der Waals surface area contributed by atoms with Crippen molar-refractivity contribution in [3.05, 3.63) is 54.6 Å². The average molecular weight is 355 g/mol. The standard InChI is InChI=1S/C18H17N3O3S/c1-24-14-9-5-8-13(10-14)19-17(23)15-11-16(22)21-18(25-15)20-12-6-3-2-4-7-12/h2-10,15H,11H2,1H3,(H,19,23)(H,20,21,22)/t15-/m0/s1. The lowest BCUT2D eigenvalue weighted by atomic mass is 10.2. The van der Waals surface area contributed by atoms with Gasteiger partial charge < -0.3 is 15.4 Å². The minimum atomic E-state index is -0.539. The molecule has 2 N–H and O–H groups in total. The van der Waals surface area contributed by atoms with Crippen molar-refractivity contribution in [3.8, 4) is 5.75 Å². The van der Waals surface area contributed by atoms with Gasteiger partial charge in [0.15, 0.2) is 5.17 Å². The number of ether oxygens (including phenoxy) is 1. The normalized spacial score (nSPS) is 18.5. The first kappa shape index (κ1) is 17.0. The van der Waals surface area contributed by atoms with Crippen LogP contribution in [0.2, 0.25) is 0 Å². The number of hydrogen-bond acceptors (Lipinski definition) is 5. The van der Waals surface area contributed by atoms with Gasteiger partial charge in [-0.3, -0.25) is 9.59 Å². The number of nitrogens with zero attached hydrogens (tertiary/aromatic N) is 1. The fourth-order valence-corrected chi connectivity index (χ4v) is 3.29. The van der Waals surface area contributed by atoms with E-state index in [-0.39, 0.29) is 18.2 Å². The highest BCUT2D eigenvalue weighted by atomic mass is 32.2. The zero-order valence-electron chi connectivity index (χ0n) is 13.6. The molecule has 6 nitrogen and oxygen atoms in total. The number of methoxy groups -OCH3 is 1. The first-order valence-electron chi connectivity index (χ1n) is 7.69. The van der Waals surface area contributed by atoms with Gasteiger partial charge in [0.1, 0.15) is 11.0 Å². The predicted octanol–water partition coefficient (Wildman–Crippen LogP) is 2.94. The van der Waals surface area contributed by atoms with Crippen molar-refractivity contribution in [1.29, 1.82) is 0 Å². The SMILES string of the molecule is COc1cccc(NC(=O)[C@@H]2CC(=O)NC(=Nc3ccccc3)S2)c1. The van der Waals surface area contributed by atoms with Gasteiger partial charge in [-0.15, -0.1) is 0 Å². The molecule has 0 aliphatic carbocycles. The zero-order chi connectivity index (χ0) is 17.6. The van der Waals surface area contributed by atoms with Gasteiger partial charge >= 0.3 is 0 Å². The summed E-state index contributed by atoms with van der Waals surface area (Å²) >= 11 is 1.24. The molecule has 1 aliphatic heterocycles. The number of nitrogens with one attached hydrogen (secondary N) is 2. The molecule has 0 aromatic heterocycles. The smallest absolute Gasteiger partial charge is 0.238 e. The Morgan fingerprint density at radius 3 is 2.80 bits per heavy atom. The maximum Gasteiger partial charge on any atom is 0.238 e. The van der Waals surface area contributed by atoms with E-state index in [1.807, 2.05) is 30.3 Å². The summed E-state index contributed by atoms with van der Waals surface area (Å²) in [7, 11) is 1.56. The van der Waals surface area contributed by atoms with E-state index in [1.165, 1.54) is 11.8 Å². The fourth-order valence-electron chi connectivity index (χ4n) is 2.29. The number of benzene rings is 2. The largest absolute Gasteiger partial charge is 0.497 e. The van der Waals surface area contributed by atoms with E-state index in [0.29, 0.717) is 16.6 Å². The molecule has 1 saturated heterocycles. The number of aliphatic imine (C=N–C) groups is 1. The molecule has 2 amide bonds. The topological polar surface area (TPSA) is 79.8 Å². The molecule has 0 spiro atoms. The number of amidine groups is 1. The second-order valence-electron chi connectivity index (χ2n) is 5.33. The Kier molecular flexibility index (Phi) is 5.35. The number of hydrogen-bond donors (Lipinski definition) is 2. The molecule has 2 aromatic carbocycles. The highest BCUT2D eigenvalue weighted by Crippen LogP contribution is 2.25. The second-order valence-corrected chi connectivity index (χ2v) is 6.52. The summed E-state index contributed by atoms with van der Waals surface area (Å²) in [6.07, 6.45) is 0.105. The third-order valence-electron chi connectivity index (χ3n) is 3.49. The molecule has 25 heavy (non-hydrogen) atoms. The van der Waals surface area contributed by atoms with Crippen molar-refractivity contribution < 1.29 is 14.3 Å². The number of anilines is 1. The van der Waals surface area contributed by atoms with Gasteiger partial charge in [-0.05, 0) is 24.3 Å². The van der Waals surface area contributed by atoms with E-state index in [4.69, 9.17) is 4.74 Å². The van der Waals surface area contributed by atoms with Crippen LogP contribution in [0.1, 0.15) is 6.42 Å². The van der Waals surface area contributed by atoms with Crippen molar-refractivity contribution in [2.75, 3.05) is 12.4 Å². The van der Waals surface area contributed by atoms with Crippen molar-refractivity contribution in [3.63, 3.8) is 0 Å². The molecule has 3 rings (SSSR count). The number of amides is 2. The zero-order valence-corrected chi connectivity index (χ0v) is 14.4. The summed E-state index contributed by atoms with van der Waals surface area (Å²) < 4.78 is 5.14. The van der Waals surface area contributed by atoms with Crippen LogP contribution in [0.15, 0.2) is 59.6 Å². The van der Waals surface area contributed by atoms with Crippen LogP contribution in [0, 0.1) is 0 Å². The average Bonchev–Trinajstić information content (AvgIpc) is 2.62. The monoisotopic (exact) mass is 355 g/mol. The van der Waals surface area contributed by atoms with Crippen LogP contribution < -0.4 is 15.4 Å². The molecule has 1 aliphatic rings. The third kappa shape index (κ3) is 4.60. The summed E-state index contributed by atoms with van der Waals surface area (Å²) in [5, 5.41) is 5.41. The molecule has 1 fully saturated rings. The fraction of sp³-hybridized carbons (Fsp3) is 0.167. The molecule has 0 bridgehead atoms. The maximum absolute atomic E-state index is 12.5. The predicted molar refractivity (Wildman–Crippen MR) is 99.3 cm³/mol. The van der Waals surface area contributed by atoms with Gasteiger partial charge in [0.05, 0.1) is 12.8 Å². The van der Waals surface area contributed by atoms with Crippen LogP contribution in [0.3, 0.4) is 0 Å². The Hall–Kier alpha value is -2.80. The van der Waals surface area contributed by atoms with E-state index in [1.54, 1.807) is 31.4 Å². The van der Waals surface area contributed by atoms with Crippen molar-refractivity contribution in [2.45, 2.75) is 11.7 Å². The van der Waals surface area contributed by atoms with E-state index >= 15 is 0 Å². The Bertz CT molecular complexity index is 808. The van der Waals surface area contributed by atoms with E-state index in [0.717, 1.165) is 5.69 Å². The first-order valence-corrected chi connectivity index (χ1v) is 8.57. The molecule has 2 aromatic rings. The van der Waals surface area contributed by atoms with Gasteiger partial charge in [-0.25, -0.2) is 4.99 Å². The summed E-state index contributed by atoms with van der Waals surface area (Å²) in [6, 6.07) is 16.4. The molecule has 128 valence electrons. The number of para-hydroxylation sites is 1. The van der Waals surface area contributed by atoms with Gasteiger partial charge in [-0.1, -0.05) is 36.0 Å². The molecule has 0 radical (unpaired) electrons. The minimum absolute atomic E-state index is 0.105. The van der Waals surface area contributed by atoms with Gasteiger partial charge in [0, 0.05) is 18.2 Å².